The Bertz CT molecular complexity index is 390. The van der Waals surface area contributed by atoms with Crippen LogP contribution in [0.15, 0.2) is 24.3 Å². The van der Waals surface area contributed by atoms with Crippen molar-refractivity contribution < 1.29 is 4.74 Å². The van der Waals surface area contributed by atoms with Crippen LogP contribution in [0.4, 0.5) is 0 Å². The zero-order valence-electron chi connectivity index (χ0n) is 11.2. The Morgan fingerprint density at radius 1 is 1.22 bits per heavy atom. The number of ether oxygens (including phenoxy) is 1. The van der Waals surface area contributed by atoms with Crippen molar-refractivity contribution in [1.29, 1.82) is 0 Å². The fourth-order valence-electron chi connectivity index (χ4n) is 2.95. The minimum absolute atomic E-state index is 0.722. The fraction of sp³-hybridized carbons (Fsp3) is 0.625. The van der Waals surface area contributed by atoms with Gasteiger partial charge in [0.05, 0.1) is 7.11 Å². The topological polar surface area (TPSA) is 21.3 Å². The van der Waals surface area contributed by atoms with Crippen LogP contribution in [0.1, 0.15) is 31.2 Å². The third-order valence-corrected chi connectivity index (χ3v) is 4.56. The van der Waals surface area contributed by atoms with Gasteiger partial charge in [-0.25, -0.2) is 0 Å². The van der Waals surface area contributed by atoms with E-state index >= 15 is 0 Å². The van der Waals surface area contributed by atoms with E-state index in [2.05, 4.69) is 17.4 Å². The maximum atomic E-state index is 5.17. The van der Waals surface area contributed by atoms with Crippen LogP contribution in [-0.4, -0.2) is 20.2 Å². The third-order valence-electron chi connectivity index (χ3n) is 4.56. The molecule has 2 fully saturated rings. The van der Waals surface area contributed by atoms with Gasteiger partial charge in [-0.15, -0.1) is 0 Å². The summed E-state index contributed by atoms with van der Waals surface area (Å²) in [5.74, 6) is 2.00. The molecule has 0 bridgehead atoms. The standard InChI is InChI=1S/C16H23NO/c1-18-15-6-2-13(3-7-15)8-11-17-12-16(9-10-16)14-4-5-14/h2-3,6-7,14,17H,4-5,8-12H2,1H3. The normalized spacial score (nSPS) is 20.7. The zero-order valence-corrected chi connectivity index (χ0v) is 11.2. The van der Waals surface area contributed by atoms with Crippen LogP contribution in [0, 0.1) is 11.3 Å². The second-order valence-electron chi connectivity index (χ2n) is 5.91. The molecule has 1 N–H and O–H groups in total. The highest BCUT2D eigenvalue weighted by Crippen LogP contribution is 2.60. The zero-order chi connectivity index (χ0) is 12.4. The Morgan fingerprint density at radius 2 is 1.94 bits per heavy atom. The molecule has 2 heteroatoms. The molecule has 98 valence electrons. The van der Waals surface area contributed by atoms with E-state index in [4.69, 9.17) is 4.74 Å². The van der Waals surface area contributed by atoms with Crippen LogP contribution < -0.4 is 10.1 Å². The molecule has 2 saturated carbocycles. The molecule has 0 saturated heterocycles. The van der Waals surface area contributed by atoms with Crippen molar-refractivity contribution in [3.8, 4) is 5.75 Å². The molecule has 18 heavy (non-hydrogen) atoms. The summed E-state index contributed by atoms with van der Waals surface area (Å²) >= 11 is 0. The van der Waals surface area contributed by atoms with Gasteiger partial charge in [-0.3, -0.25) is 0 Å². The van der Waals surface area contributed by atoms with Crippen LogP contribution in [0.5, 0.6) is 5.75 Å². The lowest BCUT2D eigenvalue weighted by molar-refractivity contribution is 0.405. The van der Waals surface area contributed by atoms with Gasteiger partial charge in [0.1, 0.15) is 5.75 Å². The predicted octanol–water partition coefficient (Wildman–Crippen LogP) is 3.02. The van der Waals surface area contributed by atoms with Crippen molar-refractivity contribution in [3.05, 3.63) is 29.8 Å². The lowest BCUT2D eigenvalue weighted by Gasteiger charge is -2.14. The van der Waals surface area contributed by atoms with Crippen LogP contribution in [-0.2, 0) is 6.42 Å². The highest BCUT2D eigenvalue weighted by Gasteiger charge is 2.52. The van der Waals surface area contributed by atoms with Crippen LogP contribution in [0.3, 0.4) is 0 Å². The first kappa shape index (κ1) is 12.0. The number of methoxy groups -OCH3 is 1. The Morgan fingerprint density at radius 3 is 2.50 bits per heavy atom. The molecular weight excluding hydrogens is 222 g/mol. The molecule has 2 nitrogen and oxygen atoms in total. The summed E-state index contributed by atoms with van der Waals surface area (Å²) in [6, 6.07) is 8.41. The fourth-order valence-corrected chi connectivity index (χ4v) is 2.95. The van der Waals surface area contributed by atoms with Gasteiger partial charge in [0, 0.05) is 6.54 Å². The van der Waals surface area contributed by atoms with E-state index in [1.54, 1.807) is 7.11 Å². The van der Waals surface area contributed by atoms with Gasteiger partial charge >= 0.3 is 0 Å². The van der Waals surface area contributed by atoms with E-state index in [-0.39, 0.29) is 0 Å². The summed E-state index contributed by atoms with van der Waals surface area (Å²) < 4.78 is 5.17. The van der Waals surface area contributed by atoms with E-state index < -0.39 is 0 Å². The Hall–Kier alpha value is -1.02. The highest BCUT2D eigenvalue weighted by atomic mass is 16.5. The van der Waals surface area contributed by atoms with Crippen molar-refractivity contribution in [2.45, 2.75) is 32.1 Å². The molecule has 3 rings (SSSR count). The van der Waals surface area contributed by atoms with E-state index in [1.807, 2.05) is 12.1 Å². The van der Waals surface area contributed by atoms with Crippen molar-refractivity contribution in [2.24, 2.45) is 11.3 Å². The lowest BCUT2D eigenvalue weighted by atomic mass is 10.0. The van der Waals surface area contributed by atoms with Crippen LogP contribution in [0.2, 0.25) is 0 Å². The summed E-state index contributed by atoms with van der Waals surface area (Å²) in [5.41, 5.74) is 2.11. The SMILES string of the molecule is COc1ccc(CCNCC2(C3CC3)CC2)cc1. The second kappa shape index (κ2) is 4.93. The molecule has 0 atom stereocenters. The van der Waals surface area contributed by atoms with E-state index in [0.717, 1.165) is 30.0 Å². The minimum atomic E-state index is 0.722. The molecule has 0 amide bonds. The molecule has 2 aliphatic rings. The molecule has 1 aromatic carbocycles. The Balaban J connectivity index is 1.38. The molecule has 2 aliphatic carbocycles. The number of nitrogens with one attached hydrogen (secondary N) is 1. The summed E-state index contributed by atoms with van der Waals surface area (Å²) in [7, 11) is 1.71. The van der Waals surface area contributed by atoms with Gasteiger partial charge in [0.2, 0.25) is 0 Å². The van der Waals surface area contributed by atoms with Crippen molar-refractivity contribution >= 4 is 0 Å². The van der Waals surface area contributed by atoms with Crippen molar-refractivity contribution in [2.75, 3.05) is 20.2 Å². The largest absolute Gasteiger partial charge is 0.497 e. The number of hydrogen-bond acceptors (Lipinski definition) is 2. The lowest BCUT2D eigenvalue weighted by Crippen LogP contribution is -2.27. The summed E-state index contributed by atoms with van der Waals surface area (Å²) in [6.07, 6.45) is 7.02. The first-order valence-corrected chi connectivity index (χ1v) is 7.16. The third kappa shape index (κ3) is 2.69. The van der Waals surface area contributed by atoms with Crippen molar-refractivity contribution in [1.82, 2.24) is 5.32 Å². The molecule has 0 aliphatic heterocycles. The smallest absolute Gasteiger partial charge is 0.118 e. The number of rotatable bonds is 7. The molecule has 0 spiro atoms. The van der Waals surface area contributed by atoms with Crippen LogP contribution >= 0.6 is 0 Å². The first-order chi connectivity index (χ1) is 8.82. The monoisotopic (exact) mass is 245 g/mol. The van der Waals surface area contributed by atoms with Crippen molar-refractivity contribution in [3.63, 3.8) is 0 Å². The maximum Gasteiger partial charge on any atom is 0.118 e. The van der Waals surface area contributed by atoms with Gasteiger partial charge in [-0.05, 0) is 67.7 Å². The highest BCUT2D eigenvalue weighted by molar-refractivity contribution is 5.27. The quantitative estimate of drug-likeness (QED) is 0.746. The van der Waals surface area contributed by atoms with Crippen LogP contribution in [0.25, 0.3) is 0 Å². The average molecular weight is 245 g/mol. The molecule has 0 aromatic heterocycles. The molecule has 1 aromatic rings. The average Bonchev–Trinajstić information content (AvgIpc) is 3.28. The summed E-state index contributed by atoms with van der Waals surface area (Å²) in [4.78, 5) is 0. The predicted molar refractivity (Wildman–Crippen MR) is 74.0 cm³/mol. The molecule has 0 radical (unpaired) electrons. The van der Waals surface area contributed by atoms with Gasteiger partial charge in [-0.1, -0.05) is 12.1 Å². The maximum absolute atomic E-state index is 5.17. The van der Waals surface area contributed by atoms with Gasteiger partial charge in [0.25, 0.3) is 0 Å². The minimum Gasteiger partial charge on any atom is -0.497 e. The van der Waals surface area contributed by atoms with E-state index in [9.17, 15) is 0 Å². The van der Waals surface area contributed by atoms with Gasteiger partial charge in [-0.2, -0.15) is 0 Å². The van der Waals surface area contributed by atoms with Gasteiger partial charge in [0.15, 0.2) is 0 Å². The number of benzene rings is 1. The molecular formula is C16H23NO. The number of hydrogen-bond donors (Lipinski definition) is 1. The first-order valence-electron chi connectivity index (χ1n) is 7.16. The van der Waals surface area contributed by atoms with Gasteiger partial charge < -0.3 is 10.1 Å². The summed E-state index contributed by atoms with van der Waals surface area (Å²) in [6.45, 7) is 2.34. The Kier molecular flexibility index (Phi) is 3.29. The summed E-state index contributed by atoms with van der Waals surface area (Å²) in [5, 5.41) is 3.66. The molecule has 0 heterocycles. The van der Waals surface area contributed by atoms with E-state index in [1.165, 1.54) is 37.8 Å². The second-order valence-corrected chi connectivity index (χ2v) is 5.91. The Labute approximate surface area is 110 Å². The van der Waals surface area contributed by atoms with E-state index in [0.29, 0.717) is 0 Å². The molecule has 0 unspecified atom stereocenters.